The average Bonchev–Trinajstić information content (AvgIpc) is 2.97. The molecule has 4 rings (SSSR count). The second-order valence-corrected chi connectivity index (χ2v) is 7.63. The first-order valence-electron chi connectivity index (χ1n) is 10.5. The Morgan fingerprint density at radius 3 is 0.718 bits per heavy atom. The summed E-state index contributed by atoms with van der Waals surface area (Å²) < 4.78 is 43.1. The highest BCUT2D eigenvalue weighted by molar-refractivity contribution is 5.71. The minimum atomic E-state index is -1.06. The van der Waals surface area contributed by atoms with Crippen LogP contribution in [0.25, 0.3) is 34.2 Å². The van der Waals surface area contributed by atoms with Crippen LogP contribution in [0.2, 0.25) is 0 Å². The smallest absolute Gasteiger partial charge is 0.164 e. The second kappa shape index (κ2) is 10.2. The quantitative estimate of drug-likeness (QED) is 0.380. The number of nitriles is 6. The van der Waals surface area contributed by atoms with Gasteiger partial charge in [0.2, 0.25) is 0 Å². The summed E-state index contributed by atoms with van der Waals surface area (Å²) in [5, 5.41) is 55.9. The van der Waals surface area contributed by atoms with Gasteiger partial charge in [-0.3, -0.25) is 0 Å². The van der Waals surface area contributed by atoms with E-state index in [1.54, 1.807) is 36.4 Å². The molecule has 0 saturated heterocycles. The monoisotopic (exact) mass is 513 g/mol. The van der Waals surface area contributed by atoms with E-state index in [1.807, 2.05) is 0 Å². The van der Waals surface area contributed by atoms with Gasteiger partial charge in [-0.15, -0.1) is 0 Å². The van der Waals surface area contributed by atoms with Crippen LogP contribution < -0.4 is 0 Å². The first-order valence-corrected chi connectivity index (χ1v) is 10.5. The zero-order valence-corrected chi connectivity index (χ0v) is 19.1. The molecular weight excluding hydrogens is 507 g/mol. The van der Waals surface area contributed by atoms with E-state index in [0.717, 1.165) is 36.4 Å². The number of halogens is 3. The fourth-order valence-corrected chi connectivity index (χ4v) is 3.51. The van der Waals surface area contributed by atoms with Crippen LogP contribution in [0.1, 0.15) is 33.4 Å². The molecule has 0 spiro atoms. The Balaban J connectivity index is 2.10. The van der Waals surface area contributed by atoms with Gasteiger partial charge >= 0.3 is 0 Å². The normalized spacial score (nSPS) is 9.77. The number of benzene rings is 3. The summed E-state index contributed by atoms with van der Waals surface area (Å²) in [5.74, 6) is -3.89. The minimum absolute atomic E-state index is 0.0133. The van der Waals surface area contributed by atoms with Gasteiger partial charge in [0.05, 0.1) is 33.4 Å². The second-order valence-electron chi connectivity index (χ2n) is 7.63. The van der Waals surface area contributed by atoms with Crippen molar-refractivity contribution in [1.82, 2.24) is 15.0 Å². The molecule has 0 radical (unpaired) electrons. The highest BCUT2D eigenvalue weighted by Gasteiger charge is 2.20. The molecule has 0 saturated carbocycles. The fourth-order valence-electron chi connectivity index (χ4n) is 3.51. The molecule has 12 heteroatoms. The largest absolute Gasteiger partial charge is 0.208 e. The van der Waals surface area contributed by atoms with Crippen molar-refractivity contribution in [1.29, 1.82) is 31.6 Å². The van der Waals surface area contributed by atoms with E-state index in [0.29, 0.717) is 0 Å². The van der Waals surface area contributed by atoms with Crippen LogP contribution in [-0.2, 0) is 0 Å². The maximum absolute atomic E-state index is 14.4. The lowest BCUT2D eigenvalue weighted by molar-refractivity contribution is 0.620. The predicted molar refractivity (Wildman–Crippen MR) is 124 cm³/mol. The van der Waals surface area contributed by atoms with Gasteiger partial charge in [0, 0.05) is 16.7 Å². The molecule has 0 aliphatic heterocycles. The van der Waals surface area contributed by atoms with Gasteiger partial charge in [-0.2, -0.15) is 31.6 Å². The average molecular weight is 513 g/mol. The Hall–Kier alpha value is -6.60. The molecule has 180 valence electrons. The topological polar surface area (TPSA) is 181 Å². The van der Waals surface area contributed by atoms with Crippen LogP contribution in [0.4, 0.5) is 13.2 Å². The molecule has 4 aromatic rings. The standard InChI is InChI=1S/C27H6F3N9/c28-22-16(7-31)1-13(2-17(22)8-32)25-37-26(14-3-18(9-33)23(29)19(4-14)10-34)39-27(38-25)15-5-20(11-35)24(30)21(6-15)12-36/h1-6H. The third-order valence-electron chi connectivity index (χ3n) is 5.35. The molecule has 0 aliphatic carbocycles. The third-order valence-corrected chi connectivity index (χ3v) is 5.35. The molecule has 9 nitrogen and oxygen atoms in total. The Morgan fingerprint density at radius 1 is 0.385 bits per heavy atom. The van der Waals surface area contributed by atoms with Crippen LogP contribution in [0.5, 0.6) is 0 Å². The molecule has 3 aromatic carbocycles. The van der Waals surface area contributed by atoms with Crippen LogP contribution >= 0.6 is 0 Å². The molecule has 0 bridgehead atoms. The summed E-state index contributed by atoms with van der Waals surface area (Å²) in [6.07, 6.45) is 0. The highest BCUT2D eigenvalue weighted by Crippen LogP contribution is 2.30. The molecule has 1 heterocycles. The first kappa shape index (κ1) is 25.5. The summed E-state index contributed by atoms with van der Waals surface area (Å²) in [7, 11) is 0. The number of rotatable bonds is 3. The Morgan fingerprint density at radius 2 is 0.564 bits per heavy atom. The zero-order chi connectivity index (χ0) is 28.3. The third kappa shape index (κ3) is 4.53. The minimum Gasteiger partial charge on any atom is -0.208 e. The molecule has 1 aromatic heterocycles. The van der Waals surface area contributed by atoms with Gasteiger partial charge in [0.1, 0.15) is 36.4 Å². The Labute approximate surface area is 217 Å². The lowest BCUT2D eigenvalue weighted by Crippen LogP contribution is -2.03. The number of hydrogen-bond donors (Lipinski definition) is 0. The molecule has 0 amide bonds. The number of nitrogens with zero attached hydrogens (tertiary/aromatic N) is 9. The van der Waals surface area contributed by atoms with E-state index in [1.165, 1.54) is 0 Å². The van der Waals surface area contributed by atoms with Crippen molar-refractivity contribution >= 4 is 0 Å². The highest BCUT2D eigenvalue weighted by atomic mass is 19.1. The summed E-state index contributed by atoms with van der Waals surface area (Å²) in [6, 6.07) is 16.1. The maximum atomic E-state index is 14.4. The Kier molecular flexibility index (Phi) is 6.65. The van der Waals surface area contributed by atoms with E-state index < -0.39 is 50.8 Å². The fraction of sp³-hybridized carbons (Fsp3) is 0. The van der Waals surface area contributed by atoms with Crippen LogP contribution in [-0.4, -0.2) is 15.0 Å². The van der Waals surface area contributed by atoms with Crippen LogP contribution in [0.15, 0.2) is 36.4 Å². The van der Waals surface area contributed by atoms with Gasteiger partial charge in [-0.1, -0.05) is 0 Å². The van der Waals surface area contributed by atoms with E-state index in [9.17, 15) is 44.7 Å². The zero-order valence-electron chi connectivity index (χ0n) is 19.1. The predicted octanol–water partition coefficient (Wildman–Crippen LogP) is 4.52. The Bertz CT molecular complexity index is 1630. The molecule has 0 atom stereocenters. The van der Waals surface area contributed by atoms with Crippen molar-refractivity contribution in [2.24, 2.45) is 0 Å². The van der Waals surface area contributed by atoms with Gasteiger partial charge in [-0.05, 0) is 36.4 Å². The lowest BCUT2D eigenvalue weighted by Gasteiger charge is -2.11. The van der Waals surface area contributed by atoms with Gasteiger partial charge in [0.25, 0.3) is 0 Å². The summed E-state index contributed by atoms with van der Waals surface area (Å²) in [5.41, 5.74) is -2.99. The van der Waals surface area contributed by atoms with Crippen molar-refractivity contribution < 1.29 is 13.2 Å². The van der Waals surface area contributed by atoms with E-state index in [4.69, 9.17) is 0 Å². The first-order chi connectivity index (χ1) is 18.8. The molecule has 0 N–H and O–H groups in total. The van der Waals surface area contributed by atoms with E-state index in [2.05, 4.69) is 15.0 Å². The molecule has 39 heavy (non-hydrogen) atoms. The van der Waals surface area contributed by atoms with Gasteiger partial charge < -0.3 is 0 Å². The van der Waals surface area contributed by atoms with Gasteiger partial charge in [0.15, 0.2) is 34.9 Å². The lowest BCUT2D eigenvalue weighted by atomic mass is 10.0. The van der Waals surface area contributed by atoms with Crippen LogP contribution in [0.3, 0.4) is 0 Å². The van der Waals surface area contributed by atoms with Gasteiger partial charge in [-0.25, -0.2) is 28.1 Å². The summed E-state index contributed by atoms with van der Waals surface area (Å²) >= 11 is 0. The van der Waals surface area contributed by atoms with Crippen LogP contribution in [0, 0.1) is 85.4 Å². The van der Waals surface area contributed by atoms with Crippen molar-refractivity contribution in [3.63, 3.8) is 0 Å². The van der Waals surface area contributed by atoms with E-state index >= 15 is 0 Å². The van der Waals surface area contributed by atoms with Crippen molar-refractivity contribution in [3.05, 3.63) is 87.2 Å². The molecular formula is C27H6F3N9. The summed E-state index contributed by atoms with van der Waals surface area (Å²) in [6.45, 7) is 0. The number of aromatic nitrogens is 3. The molecule has 0 aliphatic rings. The maximum Gasteiger partial charge on any atom is 0.164 e. The van der Waals surface area contributed by atoms with Crippen molar-refractivity contribution in [2.75, 3.05) is 0 Å². The van der Waals surface area contributed by atoms with E-state index in [-0.39, 0.29) is 34.2 Å². The van der Waals surface area contributed by atoms with Crippen molar-refractivity contribution in [3.8, 4) is 70.6 Å². The molecule has 0 fully saturated rings. The molecule has 0 unspecified atom stereocenters. The summed E-state index contributed by atoms with van der Waals surface area (Å²) in [4.78, 5) is 12.8. The van der Waals surface area contributed by atoms with Crippen molar-refractivity contribution in [2.45, 2.75) is 0 Å². The number of hydrogen-bond acceptors (Lipinski definition) is 9. The SMILES string of the molecule is N#Cc1cc(-c2nc(-c3cc(C#N)c(F)c(C#N)c3)nc(-c3cc(C#N)c(F)c(C#N)c3)n2)cc(C#N)c1F.